The molecule has 2 N–H and O–H groups in total. The zero-order chi connectivity index (χ0) is 26.3. The van der Waals surface area contributed by atoms with Crippen LogP contribution in [0.3, 0.4) is 0 Å². The molecule has 0 radical (unpaired) electrons. The highest BCUT2D eigenvalue weighted by molar-refractivity contribution is 5.87. The van der Waals surface area contributed by atoms with E-state index < -0.39 is 5.97 Å². The largest absolute Gasteiger partial charge is 0.486 e. The van der Waals surface area contributed by atoms with Gasteiger partial charge < -0.3 is 24.5 Å². The Morgan fingerprint density at radius 2 is 1.79 bits per heavy atom. The number of aromatic carboxylic acids is 1. The molecule has 0 fully saturated rings. The maximum atomic E-state index is 11.2. The van der Waals surface area contributed by atoms with Crippen molar-refractivity contribution < 1.29 is 19.4 Å². The summed E-state index contributed by atoms with van der Waals surface area (Å²) in [6, 6.07) is 23.4. The summed E-state index contributed by atoms with van der Waals surface area (Å²) in [7, 11) is 0. The Balaban J connectivity index is 1.45. The molecule has 0 bridgehead atoms. The average Bonchev–Trinajstić information content (AvgIpc) is 3.36. The number of carbonyl (C=O) groups is 1. The molecule has 196 valence electrons. The lowest BCUT2D eigenvalue weighted by Crippen LogP contribution is -2.25. The van der Waals surface area contributed by atoms with Gasteiger partial charge >= 0.3 is 5.97 Å². The van der Waals surface area contributed by atoms with E-state index in [1.807, 2.05) is 42.6 Å². The second kappa shape index (κ2) is 12.0. The van der Waals surface area contributed by atoms with E-state index in [4.69, 9.17) is 14.5 Å². The van der Waals surface area contributed by atoms with Gasteiger partial charge in [0.05, 0.1) is 5.56 Å². The van der Waals surface area contributed by atoms with Gasteiger partial charge in [-0.1, -0.05) is 61.9 Å². The second-order valence-corrected chi connectivity index (χ2v) is 9.49. The fourth-order valence-corrected chi connectivity index (χ4v) is 4.76. The number of ether oxygens (including phenoxy) is 2. The van der Waals surface area contributed by atoms with Gasteiger partial charge in [-0.15, -0.1) is 0 Å². The smallest absolute Gasteiger partial charge is 0.335 e. The Kier molecular flexibility index (Phi) is 8.04. The van der Waals surface area contributed by atoms with E-state index in [0.29, 0.717) is 19.8 Å². The maximum absolute atomic E-state index is 11.2. The molecule has 4 aromatic rings. The predicted octanol–water partition coefficient (Wildman–Crippen LogP) is 5.89. The van der Waals surface area contributed by atoms with E-state index >= 15 is 0 Å². The molecule has 1 unspecified atom stereocenters. The summed E-state index contributed by atoms with van der Waals surface area (Å²) < 4.78 is 14.0. The third kappa shape index (κ3) is 5.89. The van der Waals surface area contributed by atoms with Crippen molar-refractivity contribution in [1.29, 1.82) is 0 Å². The van der Waals surface area contributed by atoms with E-state index in [0.717, 1.165) is 65.5 Å². The zero-order valence-corrected chi connectivity index (χ0v) is 21.6. The third-order valence-electron chi connectivity index (χ3n) is 6.84. The summed E-state index contributed by atoms with van der Waals surface area (Å²) in [5, 5.41) is 12.9. The fourth-order valence-electron chi connectivity index (χ4n) is 4.76. The molecule has 1 aromatic heterocycles. The summed E-state index contributed by atoms with van der Waals surface area (Å²) in [5.74, 6) is 1.59. The van der Waals surface area contributed by atoms with Crippen molar-refractivity contribution in [3.63, 3.8) is 0 Å². The van der Waals surface area contributed by atoms with E-state index in [-0.39, 0.29) is 11.6 Å². The first kappa shape index (κ1) is 25.5. The molecule has 1 atom stereocenters. The summed E-state index contributed by atoms with van der Waals surface area (Å²) >= 11 is 0. The van der Waals surface area contributed by atoms with Crippen molar-refractivity contribution in [1.82, 2.24) is 14.9 Å². The number of imidazole rings is 1. The highest BCUT2D eigenvalue weighted by Crippen LogP contribution is 2.34. The van der Waals surface area contributed by atoms with Crippen LogP contribution in [0.5, 0.6) is 11.5 Å². The van der Waals surface area contributed by atoms with Gasteiger partial charge in [0.15, 0.2) is 11.5 Å². The van der Waals surface area contributed by atoms with E-state index in [2.05, 4.69) is 41.1 Å². The molecule has 0 saturated carbocycles. The normalized spacial score (nSPS) is 13.3. The number of carboxylic acids is 1. The van der Waals surface area contributed by atoms with E-state index in [9.17, 15) is 9.90 Å². The molecule has 2 heterocycles. The first-order chi connectivity index (χ1) is 18.6. The highest BCUT2D eigenvalue weighted by atomic mass is 16.6. The van der Waals surface area contributed by atoms with Crippen molar-refractivity contribution >= 4 is 5.97 Å². The number of rotatable bonds is 11. The average molecular weight is 512 g/mol. The molecule has 38 heavy (non-hydrogen) atoms. The van der Waals surface area contributed by atoms with Crippen molar-refractivity contribution in [2.75, 3.05) is 13.2 Å². The number of unbranched alkanes of at least 4 members (excludes halogenated alkanes) is 1. The van der Waals surface area contributed by atoms with Crippen LogP contribution in [0.1, 0.15) is 53.0 Å². The van der Waals surface area contributed by atoms with Crippen LogP contribution in [-0.2, 0) is 19.5 Å². The van der Waals surface area contributed by atoms with Gasteiger partial charge in [0.25, 0.3) is 0 Å². The van der Waals surface area contributed by atoms with Gasteiger partial charge in [-0.25, -0.2) is 9.78 Å². The molecule has 0 amide bonds. The Morgan fingerprint density at radius 1 is 1.03 bits per heavy atom. The van der Waals surface area contributed by atoms with Gasteiger partial charge in [-0.2, -0.15) is 0 Å². The Bertz CT molecular complexity index is 1370. The molecule has 1 aliphatic heterocycles. The maximum Gasteiger partial charge on any atom is 0.335 e. The number of nitrogens with zero attached hydrogens (tertiary/aromatic N) is 2. The van der Waals surface area contributed by atoms with Crippen molar-refractivity contribution in [3.05, 3.63) is 101 Å². The SMILES string of the molecule is CCCCn1c(CC(NCc2ccc(C(=O)O)cc2)c2ccc3c(c2)OCCO3)cnc1-c1ccccc1. The zero-order valence-electron chi connectivity index (χ0n) is 21.6. The van der Waals surface area contributed by atoms with Crippen LogP contribution in [0.25, 0.3) is 11.4 Å². The molecule has 0 saturated heterocycles. The molecule has 1 aliphatic rings. The van der Waals surface area contributed by atoms with Gasteiger partial charge in [0.1, 0.15) is 19.0 Å². The van der Waals surface area contributed by atoms with Gasteiger partial charge in [-0.3, -0.25) is 0 Å². The molecular weight excluding hydrogens is 478 g/mol. The molecule has 5 rings (SSSR count). The molecule has 0 aliphatic carbocycles. The lowest BCUT2D eigenvalue weighted by molar-refractivity contribution is 0.0697. The summed E-state index contributed by atoms with van der Waals surface area (Å²) in [5.41, 5.74) is 4.66. The Hall–Kier alpha value is -4.10. The molecule has 3 aromatic carbocycles. The number of nitrogens with one attached hydrogen (secondary N) is 1. The predicted molar refractivity (Wildman–Crippen MR) is 147 cm³/mol. The number of fused-ring (bicyclic) bond motifs is 1. The lowest BCUT2D eigenvalue weighted by Gasteiger charge is -2.24. The number of hydrogen-bond donors (Lipinski definition) is 2. The van der Waals surface area contributed by atoms with Crippen LogP contribution < -0.4 is 14.8 Å². The summed E-state index contributed by atoms with van der Waals surface area (Å²) in [4.78, 5) is 16.1. The van der Waals surface area contributed by atoms with Crippen molar-refractivity contribution in [2.45, 2.75) is 45.3 Å². The van der Waals surface area contributed by atoms with Crippen LogP contribution in [-0.4, -0.2) is 33.8 Å². The van der Waals surface area contributed by atoms with Crippen molar-refractivity contribution in [3.8, 4) is 22.9 Å². The van der Waals surface area contributed by atoms with Gasteiger partial charge in [-0.05, 0) is 41.8 Å². The Morgan fingerprint density at radius 3 is 2.53 bits per heavy atom. The van der Waals surface area contributed by atoms with Crippen LogP contribution >= 0.6 is 0 Å². The van der Waals surface area contributed by atoms with Crippen LogP contribution in [0.15, 0.2) is 79.0 Å². The summed E-state index contributed by atoms with van der Waals surface area (Å²) in [6.07, 6.45) is 4.89. The highest BCUT2D eigenvalue weighted by Gasteiger charge is 2.21. The van der Waals surface area contributed by atoms with Gasteiger partial charge in [0, 0.05) is 43.0 Å². The molecular formula is C31H33N3O4. The second-order valence-electron chi connectivity index (χ2n) is 9.49. The minimum Gasteiger partial charge on any atom is -0.486 e. The molecule has 0 spiro atoms. The lowest BCUT2D eigenvalue weighted by atomic mass is 10.0. The quantitative estimate of drug-likeness (QED) is 0.261. The first-order valence-corrected chi connectivity index (χ1v) is 13.2. The first-order valence-electron chi connectivity index (χ1n) is 13.2. The van der Waals surface area contributed by atoms with Gasteiger partial charge in [0.2, 0.25) is 0 Å². The topological polar surface area (TPSA) is 85.6 Å². The fraction of sp³-hybridized carbons (Fsp3) is 0.290. The number of hydrogen-bond acceptors (Lipinski definition) is 5. The third-order valence-corrected chi connectivity index (χ3v) is 6.84. The van der Waals surface area contributed by atoms with Crippen LogP contribution in [0.4, 0.5) is 0 Å². The number of benzene rings is 3. The monoisotopic (exact) mass is 511 g/mol. The van der Waals surface area contributed by atoms with E-state index in [1.165, 1.54) is 0 Å². The number of carboxylic acid groups (broad SMARTS) is 1. The van der Waals surface area contributed by atoms with Crippen molar-refractivity contribution in [2.24, 2.45) is 0 Å². The van der Waals surface area contributed by atoms with Crippen LogP contribution in [0.2, 0.25) is 0 Å². The Labute approximate surface area is 223 Å². The minimum atomic E-state index is -0.923. The summed E-state index contributed by atoms with van der Waals surface area (Å²) in [6.45, 7) is 4.79. The molecule has 7 heteroatoms. The number of aromatic nitrogens is 2. The van der Waals surface area contributed by atoms with E-state index in [1.54, 1.807) is 12.1 Å². The standard InChI is InChI=1S/C31H33N3O4/c1-2-3-15-34-26(21-33-30(34)23-7-5-4-6-8-23)19-27(25-13-14-28-29(18-25)38-17-16-37-28)32-20-22-9-11-24(12-10-22)31(35)36/h4-14,18,21,27,32H,2-3,15-17,19-20H2,1H3,(H,35,36). The van der Waals surface area contributed by atoms with Crippen LogP contribution in [0, 0.1) is 0 Å². The minimum absolute atomic E-state index is 0.0225. The molecule has 7 nitrogen and oxygen atoms in total.